The minimum absolute atomic E-state index is 0.152. The van der Waals surface area contributed by atoms with Crippen LogP contribution in [0.3, 0.4) is 0 Å². The summed E-state index contributed by atoms with van der Waals surface area (Å²) in [6, 6.07) is 12.8. The fourth-order valence-corrected chi connectivity index (χ4v) is 5.23. The molecule has 9 heteroatoms. The Balaban J connectivity index is 1.49. The number of nitrogens with zero attached hydrogens (tertiary/aromatic N) is 3. The quantitative estimate of drug-likeness (QED) is 0.400. The Hall–Kier alpha value is -2.48. The molecule has 0 radical (unpaired) electrons. The molecule has 170 valence electrons. The molecule has 2 aliphatic rings. The van der Waals surface area contributed by atoms with Crippen molar-refractivity contribution in [2.24, 2.45) is 0 Å². The first-order valence-corrected chi connectivity index (χ1v) is 12.6. The second-order valence-corrected chi connectivity index (χ2v) is 9.96. The number of carbonyl (C=O) groups is 1. The van der Waals surface area contributed by atoms with Gasteiger partial charge in [-0.3, -0.25) is 4.79 Å². The number of hydrogen-bond donors (Lipinski definition) is 1. The van der Waals surface area contributed by atoms with Crippen molar-refractivity contribution in [2.75, 3.05) is 11.1 Å². The number of anilines is 1. The van der Waals surface area contributed by atoms with Gasteiger partial charge in [0, 0.05) is 33.3 Å². The third-order valence-electron chi connectivity index (χ3n) is 5.71. The number of fused-ring (bicyclic) bond motifs is 1. The lowest BCUT2D eigenvalue weighted by molar-refractivity contribution is -0.116. The fourth-order valence-electron chi connectivity index (χ4n) is 4.21. The minimum atomic E-state index is -0.342. The summed E-state index contributed by atoms with van der Waals surface area (Å²) in [6.07, 6.45) is 2.21. The smallest absolute Gasteiger partial charge is 0.227 e. The van der Waals surface area contributed by atoms with E-state index in [1.54, 1.807) is 23.9 Å². The summed E-state index contributed by atoms with van der Waals surface area (Å²) in [4.78, 5) is 17.6. The third kappa shape index (κ3) is 4.50. The number of allylic oxidation sites excluding steroid dienone is 2. The number of ketones is 1. The number of benzene rings is 2. The molecule has 2 heterocycles. The molecule has 3 aromatic rings. The largest absolute Gasteiger partial charge is 0.489 e. The van der Waals surface area contributed by atoms with Gasteiger partial charge in [0.25, 0.3) is 0 Å². The fraction of sp³-hybridized carbons (Fsp3) is 0.292. The van der Waals surface area contributed by atoms with Crippen molar-refractivity contribution in [3.63, 3.8) is 0 Å². The lowest BCUT2D eigenvalue weighted by Gasteiger charge is -2.32. The first kappa shape index (κ1) is 22.3. The van der Waals surface area contributed by atoms with Gasteiger partial charge in [-0.1, -0.05) is 60.1 Å². The number of aromatic nitrogens is 3. The first-order chi connectivity index (χ1) is 16.0. The molecule has 1 aromatic heterocycles. The van der Waals surface area contributed by atoms with Gasteiger partial charge in [0.2, 0.25) is 11.1 Å². The number of rotatable bonds is 6. The Morgan fingerprint density at radius 1 is 1.21 bits per heavy atom. The molecular formula is C24H22Cl2N4O2S. The van der Waals surface area contributed by atoms with Gasteiger partial charge in [0.1, 0.15) is 18.4 Å². The SMILES string of the molecule is CCSc1nc2n(n1)C(c1cccc(OCc3ccc(Cl)cc3Cl)c1)C1=C(CCCC1=O)N2. The van der Waals surface area contributed by atoms with Crippen LogP contribution in [0.5, 0.6) is 5.75 Å². The number of Topliss-reactive ketones (excluding diaryl/α,β-unsaturated/α-hetero) is 1. The van der Waals surface area contributed by atoms with Gasteiger partial charge in [0.15, 0.2) is 5.78 Å². The highest BCUT2D eigenvalue weighted by atomic mass is 35.5. The van der Waals surface area contributed by atoms with Crippen LogP contribution in [0.2, 0.25) is 10.0 Å². The predicted molar refractivity (Wildman–Crippen MR) is 131 cm³/mol. The molecule has 1 aliphatic heterocycles. The summed E-state index contributed by atoms with van der Waals surface area (Å²) in [7, 11) is 0. The summed E-state index contributed by atoms with van der Waals surface area (Å²) >= 11 is 13.9. The van der Waals surface area contributed by atoms with E-state index in [0.29, 0.717) is 39.9 Å². The molecule has 0 saturated heterocycles. The van der Waals surface area contributed by atoms with E-state index in [9.17, 15) is 4.79 Å². The number of nitrogens with one attached hydrogen (secondary N) is 1. The van der Waals surface area contributed by atoms with E-state index in [-0.39, 0.29) is 11.8 Å². The van der Waals surface area contributed by atoms with Crippen molar-refractivity contribution < 1.29 is 9.53 Å². The summed E-state index contributed by atoms with van der Waals surface area (Å²) in [5.41, 5.74) is 3.49. The van der Waals surface area contributed by atoms with E-state index in [1.165, 1.54) is 0 Å². The van der Waals surface area contributed by atoms with Crippen LogP contribution in [0.4, 0.5) is 5.95 Å². The maximum Gasteiger partial charge on any atom is 0.227 e. The Morgan fingerprint density at radius 3 is 2.91 bits per heavy atom. The monoisotopic (exact) mass is 500 g/mol. The molecule has 2 aromatic carbocycles. The molecule has 5 rings (SSSR count). The third-order valence-corrected chi connectivity index (χ3v) is 7.01. The van der Waals surface area contributed by atoms with E-state index in [4.69, 9.17) is 33.0 Å². The van der Waals surface area contributed by atoms with Gasteiger partial charge in [-0.2, -0.15) is 4.98 Å². The van der Waals surface area contributed by atoms with Crippen LogP contribution in [0.25, 0.3) is 0 Å². The molecular weight excluding hydrogens is 479 g/mol. The summed E-state index contributed by atoms with van der Waals surface area (Å²) < 4.78 is 7.87. The van der Waals surface area contributed by atoms with Crippen LogP contribution in [0, 0.1) is 0 Å². The van der Waals surface area contributed by atoms with Gasteiger partial charge >= 0.3 is 0 Å². The normalized spacial score (nSPS) is 17.4. The molecule has 0 saturated carbocycles. The maximum atomic E-state index is 13.0. The topological polar surface area (TPSA) is 69.0 Å². The molecule has 1 N–H and O–H groups in total. The zero-order valence-electron chi connectivity index (χ0n) is 18.0. The molecule has 0 amide bonds. The van der Waals surface area contributed by atoms with Crippen LogP contribution in [-0.4, -0.2) is 26.3 Å². The molecule has 1 atom stereocenters. The first-order valence-electron chi connectivity index (χ1n) is 10.8. The van der Waals surface area contributed by atoms with Crippen LogP contribution in [-0.2, 0) is 11.4 Å². The second-order valence-electron chi connectivity index (χ2n) is 7.89. The van der Waals surface area contributed by atoms with E-state index in [2.05, 4.69) is 17.2 Å². The summed E-state index contributed by atoms with van der Waals surface area (Å²) in [5.74, 6) is 2.38. The summed E-state index contributed by atoms with van der Waals surface area (Å²) in [5, 5.41) is 9.92. The van der Waals surface area contributed by atoms with Gasteiger partial charge < -0.3 is 10.1 Å². The second kappa shape index (κ2) is 9.41. The number of hydrogen-bond acceptors (Lipinski definition) is 6. The van der Waals surface area contributed by atoms with E-state index in [0.717, 1.165) is 41.0 Å². The minimum Gasteiger partial charge on any atom is -0.489 e. The van der Waals surface area contributed by atoms with Gasteiger partial charge in [-0.25, -0.2) is 4.68 Å². The number of carbonyl (C=O) groups excluding carboxylic acids is 1. The van der Waals surface area contributed by atoms with Crippen molar-refractivity contribution in [1.82, 2.24) is 14.8 Å². The Kier molecular flexibility index (Phi) is 6.36. The van der Waals surface area contributed by atoms with Crippen molar-refractivity contribution in [1.29, 1.82) is 0 Å². The Morgan fingerprint density at radius 2 is 2.09 bits per heavy atom. The van der Waals surface area contributed by atoms with Crippen molar-refractivity contribution in [3.05, 3.63) is 74.9 Å². The van der Waals surface area contributed by atoms with E-state index < -0.39 is 0 Å². The van der Waals surface area contributed by atoms with Gasteiger partial charge in [-0.05, 0) is 48.4 Å². The zero-order chi connectivity index (χ0) is 22.9. The zero-order valence-corrected chi connectivity index (χ0v) is 20.3. The van der Waals surface area contributed by atoms with Gasteiger partial charge in [-0.15, -0.1) is 5.10 Å². The van der Waals surface area contributed by atoms with Crippen LogP contribution < -0.4 is 10.1 Å². The highest BCUT2D eigenvalue weighted by Crippen LogP contribution is 2.41. The molecule has 0 fully saturated rings. The predicted octanol–water partition coefficient (Wildman–Crippen LogP) is 6.30. The standard InChI is InChI=1S/C24H22Cl2N4O2S/c1-2-33-24-28-23-27-19-7-4-8-20(31)21(19)22(30(23)29-24)14-5-3-6-17(11-14)32-13-15-9-10-16(25)12-18(15)26/h3,5-6,9-12,22H,2,4,7-8,13H2,1H3,(H,27,28,29). The molecule has 0 spiro atoms. The molecule has 1 aliphatic carbocycles. The lowest BCUT2D eigenvalue weighted by atomic mass is 9.85. The maximum absolute atomic E-state index is 13.0. The van der Waals surface area contributed by atoms with E-state index in [1.807, 2.05) is 35.0 Å². The van der Waals surface area contributed by atoms with Crippen LogP contribution in [0.1, 0.15) is 43.4 Å². The summed E-state index contributed by atoms with van der Waals surface area (Å²) in [6.45, 7) is 2.38. The lowest BCUT2D eigenvalue weighted by Crippen LogP contribution is -2.31. The van der Waals surface area contributed by atoms with Crippen molar-refractivity contribution in [3.8, 4) is 5.75 Å². The van der Waals surface area contributed by atoms with Crippen molar-refractivity contribution >= 4 is 46.7 Å². The van der Waals surface area contributed by atoms with E-state index >= 15 is 0 Å². The molecule has 1 unspecified atom stereocenters. The molecule has 0 bridgehead atoms. The molecule has 33 heavy (non-hydrogen) atoms. The number of halogens is 2. The van der Waals surface area contributed by atoms with Crippen LogP contribution >= 0.6 is 35.0 Å². The average molecular weight is 501 g/mol. The van der Waals surface area contributed by atoms with Crippen molar-refractivity contribution in [2.45, 2.75) is 44.0 Å². The highest BCUT2D eigenvalue weighted by Gasteiger charge is 2.37. The average Bonchev–Trinajstić information content (AvgIpc) is 3.20. The highest BCUT2D eigenvalue weighted by molar-refractivity contribution is 7.99. The number of ether oxygens (including phenoxy) is 1. The Labute approximate surface area is 206 Å². The molecule has 6 nitrogen and oxygen atoms in total. The number of thioether (sulfide) groups is 1. The Bertz CT molecular complexity index is 1260. The van der Waals surface area contributed by atoms with Crippen LogP contribution in [0.15, 0.2) is 58.9 Å². The van der Waals surface area contributed by atoms with Gasteiger partial charge in [0.05, 0.1) is 0 Å².